The second-order valence-corrected chi connectivity index (χ2v) is 6.95. The van der Waals surface area contributed by atoms with Gasteiger partial charge >= 0.3 is 11.9 Å². The SMILES string of the molecule is COc1cc(/C=C2\N=C(c3cccc(Cl)c3)OC2=O)ccc1OC(=O)c1ccccc1. The van der Waals surface area contributed by atoms with Crippen LogP contribution in [-0.2, 0) is 9.53 Å². The van der Waals surface area contributed by atoms with E-state index < -0.39 is 11.9 Å². The van der Waals surface area contributed by atoms with Crippen LogP contribution in [0, 0.1) is 0 Å². The molecule has 1 aliphatic heterocycles. The van der Waals surface area contributed by atoms with Crippen LogP contribution >= 0.6 is 11.6 Å². The quantitative estimate of drug-likeness (QED) is 0.324. The third kappa shape index (κ3) is 4.65. The second-order valence-electron chi connectivity index (χ2n) is 6.51. The summed E-state index contributed by atoms with van der Waals surface area (Å²) >= 11 is 5.99. The Morgan fingerprint density at radius 2 is 1.81 bits per heavy atom. The molecular weight excluding hydrogens is 418 g/mol. The van der Waals surface area contributed by atoms with E-state index in [2.05, 4.69) is 4.99 Å². The molecule has 0 N–H and O–H groups in total. The Kier molecular flexibility index (Phi) is 5.82. The maximum Gasteiger partial charge on any atom is 0.363 e. The third-order valence-electron chi connectivity index (χ3n) is 4.40. The molecule has 0 aromatic heterocycles. The number of hydrogen-bond acceptors (Lipinski definition) is 6. The highest BCUT2D eigenvalue weighted by Crippen LogP contribution is 2.30. The van der Waals surface area contributed by atoms with E-state index in [0.29, 0.717) is 27.5 Å². The molecule has 0 bridgehead atoms. The van der Waals surface area contributed by atoms with Gasteiger partial charge in [-0.1, -0.05) is 41.9 Å². The van der Waals surface area contributed by atoms with Gasteiger partial charge < -0.3 is 14.2 Å². The van der Waals surface area contributed by atoms with Crippen LogP contribution < -0.4 is 9.47 Å². The second kappa shape index (κ2) is 8.85. The van der Waals surface area contributed by atoms with Gasteiger partial charge in [0, 0.05) is 10.6 Å². The lowest BCUT2D eigenvalue weighted by molar-refractivity contribution is -0.129. The van der Waals surface area contributed by atoms with Crippen molar-refractivity contribution < 1.29 is 23.8 Å². The number of benzene rings is 3. The van der Waals surface area contributed by atoms with E-state index in [1.807, 2.05) is 6.07 Å². The van der Waals surface area contributed by atoms with E-state index in [4.69, 9.17) is 25.8 Å². The van der Waals surface area contributed by atoms with Gasteiger partial charge in [0.15, 0.2) is 17.2 Å². The number of aliphatic imine (C=N–C) groups is 1. The van der Waals surface area contributed by atoms with Crippen LogP contribution in [-0.4, -0.2) is 24.9 Å². The fourth-order valence-corrected chi connectivity index (χ4v) is 3.09. The number of rotatable bonds is 5. The lowest BCUT2D eigenvalue weighted by Gasteiger charge is -2.10. The highest BCUT2D eigenvalue weighted by atomic mass is 35.5. The molecule has 1 aliphatic rings. The summed E-state index contributed by atoms with van der Waals surface area (Å²) in [4.78, 5) is 28.8. The van der Waals surface area contributed by atoms with Crippen molar-refractivity contribution in [3.63, 3.8) is 0 Å². The Labute approximate surface area is 183 Å². The van der Waals surface area contributed by atoms with Crippen molar-refractivity contribution in [2.24, 2.45) is 4.99 Å². The molecular formula is C24H16ClNO5. The summed E-state index contributed by atoms with van der Waals surface area (Å²) in [5, 5.41) is 0.513. The summed E-state index contributed by atoms with van der Waals surface area (Å²) < 4.78 is 16.0. The normalized spacial score (nSPS) is 14.2. The van der Waals surface area contributed by atoms with Gasteiger partial charge in [0.1, 0.15) is 0 Å². The van der Waals surface area contributed by atoms with Crippen LogP contribution in [0.15, 0.2) is 83.5 Å². The lowest BCUT2D eigenvalue weighted by Crippen LogP contribution is -2.09. The van der Waals surface area contributed by atoms with E-state index in [1.165, 1.54) is 7.11 Å². The van der Waals surface area contributed by atoms with Gasteiger partial charge in [0.25, 0.3) is 0 Å². The topological polar surface area (TPSA) is 74.2 Å². The summed E-state index contributed by atoms with van der Waals surface area (Å²) in [5.41, 5.74) is 1.78. The van der Waals surface area contributed by atoms with Gasteiger partial charge in [0.2, 0.25) is 5.90 Å². The number of cyclic esters (lactones) is 1. The molecule has 0 atom stereocenters. The Hall–Kier alpha value is -3.90. The van der Waals surface area contributed by atoms with Gasteiger partial charge in [-0.3, -0.25) is 0 Å². The zero-order valence-corrected chi connectivity index (χ0v) is 17.1. The Balaban J connectivity index is 1.58. The van der Waals surface area contributed by atoms with Gasteiger partial charge in [0.05, 0.1) is 12.7 Å². The van der Waals surface area contributed by atoms with E-state index in [9.17, 15) is 9.59 Å². The molecule has 0 saturated carbocycles. The molecule has 1 heterocycles. The Bertz CT molecular complexity index is 1220. The molecule has 0 fully saturated rings. The van der Waals surface area contributed by atoms with Crippen LogP contribution in [0.1, 0.15) is 21.5 Å². The zero-order valence-electron chi connectivity index (χ0n) is 16.4. The molecule has 0 saturated heterocycles. The largest absolute Gasteiger partial charge is 0.493 e. The molecule has 3 aromatic carbocycles. The van der Waals surface area contributed by atoms with Crippen LogP contribution in [0.25, 0.3) is 6.08 Å². The average molecular weight is 434 g/mol. The molecule has 7 heteroatoms. The Morgan fingerprint density at radius 3 is 2.55 bits per heavy atom. The molecule has 0 unspecified atom stereocenters. The highest BCUT2D eigenvalue weighted by molar-refractivity contribution is 6.31. The summed E-state index contributed by atoms with van der Waals surface area (Å²) in [6.07, 6.45) is 1.56. The smallest absolute Gasteiger partial charge is 0.363 e. The fraction of sp³-hybridized carbons (Fsp3) is 0.0417. The predicted octanol–water partition coefficient (Wildman–Crippen LogP) is 4.91. The van der Waals surface area contributed by atoms with E-state index >= 15 is 0 Å². The van der Waals surface area contributed by atoms with Crippen molar-refractivity contribution >= 4 is 35.5 Å². The van der Waals surface area contributed by atoms with Crippen LogP contribution in [0.5, 0.6) is 11.5 Å². The number of ether oxygens (including phenoxy) is 3. The third-order valence-corrected chi connectivity index (χ3v) is 4.63. The maximum atomic E-state index is 12.3. The van der Waals surface area contributed by atoms with E-state index in [-0.39, 0.29) is 17.3 Å². The molecule has 3 aromatic rings. The number of esters is 2. The van der Waals surface area contributed by atoms with Gasteiger partial charge in [-0.25, -0.2) is 14.6 Å². The monoisotopic (exact) mass is 433 g/mol. The highest BCUT2D eigenvalue weighted by Gasteiger charge is 2.24. The number of carbonyl (C=O) groups is 2. The van der Waals surface area contributed by atoms with E-state index in [0.717, 1.165) is 0 Å². The standard InChI is InChI=1S/C24H16ClNO5/c1-29-21-13-15(10-11-20(21)30-23(27)16-6-3-2-4-7-16)12-19-24(28)31-22(26-19)17-8-5-9-18(25)14-17/h2-14H,1H3/b19-12-. The van der Waals surface area contributed by atoms with Gasteiger partial charge in [-0.15, -0.1) is 0 Å². The van der Waals surface area contributed by atoms with E-state index in [1.54, 1.807) is 72.8 Å². The van der Waals surface area contributed by atoms with Crippen molar-refractivity contribution in [3.05, 3.63) is 100 Å². The van der Waals surface area contributed by atoms with Crippen LogP contribution in [0.3, 0.4) is 0 Å². The minimum atomic E-state index is -0.575. The van der Waals surface area contributed by atoms with Crippen molar-refractivity contribution in [2.45, 2.75) is 0 Å². The number of nitrogens with zero attached hydrogens (tertiary/aromatic N) is 1. The minimum absolute atomic E-state index is 0.131. The summed E-state index contributed by atoms with van der Waals surface area (Å²) in [7, 11) is 1.46. The number of carbonyl (C=O) groups excluding carboxylic acids is 2. The van der Waals surface area contributed by atoms with Crippen molar-refractivity contribution in [1.82, 2.24) is 0 Å². The van der Waals surface area contributed by atoms with Crippen molar-refractivity contribution in [3.8, 4) is 11.5 Å². The molecule has 0 aliphatic carbocycles. The summed E-state index contributed by atoms with van der Waals surface area (Å²) in [5.74, 6) is -0.299. The minimum Gasteiger partial charge on any atom is -0.493 e. The summed E-state index contributed by atoms with van der Waals surface area (Å²) in [6, 6.07) is 20.4. The van der Waals surface area contributed by atoms with Crippen LogP contribution in [0.2, 0.25) is 5.02 Å². The van der Waals surface area contributed by atoms with Gasteiger partial charge in [-0.2, -0.15) is 0 Å². The maximum absolute atomic E-state index is 12.3. The fourth-order valence-electron chi connectivity index (χ4n) is 2.90. The Morgan fingerprint density at radius 1 is 1.00 bits per heavy atom. The van der Waals surface area contributed by atoms with Gasteiger partial charge in [-0.05, 0) is 54.1 Å². The number of hydrogen-bond donors (Lipinski definition) is 0. The molecule has 4 rings (SSSR count). The summed E-state index contributed by atoms with van der Waals surface area (Å²) in [6.45, 7) is 0. The molecule has 31 heavy (non-hydrogen) atoms. The molecule has 6 nitrogen and oxygen atoms in total. The average Bonchev–Trinajstić information content (AvgIpc) is 3.15. The van der Waals surface area contributed by atoms with Crippen molar-refractivity contribution in [1.29, 1.82) is 0 Å². The first kappa shape index (κ1) is 20.4. The molecule has 0 spiro atoms. The predicted molar refractivity (Wildman–Crippen MR) is 116 cm³/mol. The first-order valence-corrected chi connectivity index (χ1v) is 9.65. The van der Waals surface area contributed by atoms with Crippen molar-refractivity contribution in [2.75, 3.05) is 7.11 Å². The van der Waals surface area contributed by atoms with Crippen LogP contribution in [0.4, 0.5) is 0 Å². The lowest BCUT2D eigenvalue weighted by atomic mass is 10.1. The molecule has 154 valence electrons. The number of methoxy groups -OCH3 is 1. The zero-order chi connectivity index (χ0) is 21.8. The molecule has 0 radical (unpaired) electrons. The first-order valence-electron chi connectivity index (χ1n) is 9.27. The molecule has 0 amide bonds. The first-order chi connectivity index (χ1) is 15.0. The number of halogens is 1.